The fraction of sp³-hybridized carbons (Fsp3) is 0.289. The number of ether oxygens (including phenoxy) is 1. The molecule has 0 aliphatic rings. The Bertz CT molecular complexity index is 2300. The molecule has 7 rings (SSSR count). The molecule has 0 saturated carbocycles. The number of fused-ring (bicyclic) bond motifs is 3. The molecule has 0 atom stereocenters. The molecule has 0 amide bonds. The van der Waals surface area contributed by atoms with E-state index >= 15 is 0 Å². The third kappa shape index (κ3) is 6.22. The van der Waals surface area contributed by atoms with Crippen LogP contribution in [0.2, 0.25) is 0 Å². The van der Waals surface area contributed by atoms with Crippen LogP contribution in [0.1, 0.15) is 102 Å². The Balaban J connectivity index is 1.32. The minimum absolute atomic E-state index is 0.0946. The highest BCUT2D eigenvalue weighted by molar-refractivity contribution is 6.09. The lowest BCUT2D eigenvalue weighted by Crippen LogP contribution is -2.12. The Morgan fingerprint density at radius 1 is 0.660 bits per heavy atom. The van der Waals surface area contributed by atoms with Gasteiger partial charge in [0.05, 0.1) is 22.9 Å². The fourth-order valence-corrected chi connectivity index (χ4v) is 7.00. The van der Waals surface area contributed by atoms with Crippen molar-refractivity contribution in [2.24, 2.45) is 0 Å². The average molecular weight is 661 g/mol. The summed E-state index contributed by atoms with van der Waals surface area (Å²) in [5.74, 6) is 3.67. The van der Waals surface area contributed by atoms with Gasteiger partial charge >= 0.3 is 0 Å². The Morgan fingerprint density at radius 2 is 1.38 bits per heavy atom. The Morgan fingerprint density at radius 3 is 2.08 bits per heavy atom. The second-order valence-corrected chi connectivity index (χ2v) is 15.5. The summed E-state index contributed by atoms with van der Waals surface area (Å²) in [5.41, 5.74) is 10.6. The summed E-state index contributed by atoms with van der Waals surface area (Å²) in [5, 5.41) is 7.27. The first kappa shape index (κ1) is 33.3. The van der Waals surface area contributed by atoms with E-state index in [2.05, 4.69) is 164 Å². The van der Waals surface area contributed by atoms with E-state index in [1.165, 1.54) is 38.6 Å². The van der Waals surface area contributed by atoms with Crippen molar-refractivity contribution in [2.45, 2.75) is 85.5 Å². The van der Waals surface area contributed by atoms with Crippen molar-refractivity contribution in [3.05, 3.63) is 132 Å². The van der Waals surface area contributed by atoms with E-state index in [0.29, 0.717) is 17.8 Å². The molecule has 0 bridgehead atoms. The van der Waals surface area contributed by atoms with Crippen molar-refractivity contribution in [3.8, 4) is 34.1 Å². The predicted octanol–water partition coefficient (Wildman–Crippen LogP) is 12.5. The maximum Gasteiger partial charge on any atom is 0.137 e. The molecule has 0 N–H and O–H groups in total. The first-order chi connectivity index (χ1) is 23.9. The van der Waals surface area contributed by atoms with Crippen LogP contribution in [0.5, 0.6) is 11.5 Å². The van der Waals surface area contributed by atoms with Crippen molar-refractivity contribution in [2.75, 3.05) is 0 Å². The molecule has 0 aliphatic carbocycles. The van der Waals surface area contributed by atoms with Gasteiger partial charge in [-0.3, -0.25) is 4.57 Å². The van der Waals surface area contributed by atoms with Crippen LogP contribution in [0.25, 0.3) is 44.4 Å². The van der Waals surface area contributed by atoms with Crippen molar-refractivity contribution in [3.63, 3.8) is 0 Å². The number of hydrogen-bond donors (Lipinski definition) is 0. The number of para-hydroxylation sites is 1. The third-order valence-electron chi connectivity index (χ3n) is 9.81. The van der Waals surface area contributed by atoms with E-state index in [-0.39, 0.29) is 5.41 Å². The van der Waals surface area contributed by atoms with Crippen LogP contribution in [-0.4, -0.2) is 19.3 Å². The quantitative estimate of drug-likeness (QED) is 0.163. The summed E-state index contributed by atoms with van der Waals surface area (Å²) in [7, 11) is 0. The van der Waals surface area contributed by atoms with Gasteiger partial charge in [0.15, 0.2) is 0 Å². The molecular weight excluding hydrogens is 613 g/mol. The van der Waals surface area contributed by atoms with Gasteiger partial charge < -0.3 is 4.74 Å². The molecule has 3 aromatic heterocycles. The summed E-state index contributed by atoms with van der Waals surface area (Å²) in [4.78, 5) is 4.83. The van der Waals surface area contributed by atoms with Crippen molar-refractivity contribution in [1.29, 1.82) is 0 Å². The summed E-state index contributed by atoms with van der Waals surface area (Å²) in [6.07, 6.45) is 6.09. The highest BCUT2D eigenvalue weighted by atomic mass is 16.5. The number of aromatic nitrogens is 4. The van der Waals surface area contributed by atoms with E-state index in [9.17, 15) is 0 Å². The molecule has 0 saturated heterocycles. The van der Waals surface area contributed by atoms with Gasteiger partial charge in [-0.1, -0.05) is 98.7 Å². The van der Waals surface area contributed by atoms with Gasteiger partial charge in [-0.2, -0.15) is 5.10 Å². The maximum absolute atomic E-state index is 6.75. The van der Waals surface area contributed by atoms with Crippen LogP contribution < -0.4 is 4.74 Å². The minimum Gasteiger partial charge on any atom is -0.457 e. The zero-order valence-corrected chi connectivity index (χ0v) is 30.8. The summed E-state index contributed by atoms with van der Waals surface area (Å²) < 4.78 is 11.0. The number of hydrogen-bond acceptors (Lipinski definition) is 3. The molecular formula is C45H48N4O. The molecule has 5 heteroatoms. The summed E-state index contributed by atoms with van der Waals surface area (Å²) in [6.45, 7) is 20.2. The largest absolute Gasteiger partial charge is 0.457 e. The van der Waals surface area contributed by atoms with Crippen LogP contribution in [-0.2, 0) is 5.41 Å². The van der Waals surface area contributed by atoms with E-state index in [1.807, 2.05) is 17.1 Å². The average Bonchev–Trinajstić information content (AvgIpc) is 3.71. The molecule has 50 heavy (non-hydrogen) atoms. The standard InChI is InChI=1S/C45H48N4O/c1-28(2)31-19-20-46-43(21-31)49-41-16-11-10-13-39(41)40-18-17-35(25-42(40)49)50-36-23-33(45(7,8)9)22-34(24-36)48-27-32(26-47-48)44-37(29(3)4)14-12-15-38(44)30(5)6/h10-30H,1-9H3. The molecule has 3 heterocycles. The van der Waals surface area contributed by atoms with Gasteiger partial charge in [0, 0.05) is 40.9 Å². The van der Waals surface area contributed by atoms with E-state index < -0.39 is 0 Å². The molecule has 0 spiro atoms. The SMILES string of the molecule is CC(C)c1ccnc(-n2c3ccccc3c3ccc(Oc4cc(-n5cc(-c6c(C(C)C)cccc6C(C)C)cn5)cc(C(C)(C)C)c4)cc32)c1. The number of pyridine rings is 1. The highest BCUT2D eigenvalue weighted by Crippen LogP contribution is 2.39. The molecule has 0 aliphatic heterocycles. The number of benzene rings is 4. The molecule has 7 aromatic rings. The maximum atomic E-state index is 6.75. The Labute approximate surface area is 296 Å². The van der Waals surface area contributed by atoms with Crippen LogP contribution in [0.4, 0.5) is 0 Å². The van der Waals surface area contributed by atoms with Gasteiger partial charge in [-0.15, -0.1) is 0 Å². The van der Waals surface area contributed by atoms with Crippen LogP contribution >= 0.6 is 0 Å². The zero-order chi connectivity index (χ0) is 35.3. The number of rotatable bonds is 8. The normalized spacial score (nSPS) is 12.2. The van der Waals surface area contributed by atoms with Gasteiger partial charge in [-0.25, -0.2) is 9.67 Å². The molecule has 0 unspecified atom stereocenters. The molecule has 5 nitrogen and oxygen atoms in total. The van der Waals surface area contributed by atoms with Gasteiger partial charge in [-0.05, 0) is 93.5 Å². The van der Waals surface area contributed by atoms with Crippen molar-refractivity contribution < 1.29 is 4.74 Å². The Hall–Kier alpha value is -5.16. The lowest BCUT2D eigenvalue weighted by molar-refractivity contribution is 0.478. The second kappa shape index (κ2) is 12.9. The lowest BCUT2D eigenvalue weighted by atomic mass is 9.86. The van der Waals surface area contributed by atoms with Crippen LogP contribution in [0.3, 0.4) is 0 Å². The van der Waals surface area contributed by atoms with Crippen molar-refractivity contribution >= 4 is 21.8 Å². The van der Waals surface area contributed by atoms with E-state index in [4.69, 9.17) is 14.8 Å². The predicted molar refractivity (Wildman–Crippen MR) is 209 cm³/mol. The second-order valence-electron chi connectivity index (χ2n) is 15.5. The lowest BCUT2D eigenvalue weighted by Gasteiger charge is -2.21. The monoisotopic (exact) mass is 660 g/mol. The summed E-state index contributed by atoms with van der Waals surface area (Å²) >= 11 is 0. The van der Waals surface area contributed by atoms with Gasteiger partial charge in [0.1, 0.15) is 17.3 Å². The topological polar surface area (TPSA) is 44.9 Å². The Kier molecular flexibility index (Phi) is 8.63. The smallest absolute Gasteiger partial charge is 0.137 e. The van der Waals surface area contributed by atoms with E-state index in [0.717, 1.165) is 39.6 Å². The van der Waals surface area contributed by atoms with Gasteiger partial charge in [0.25, 0.3) is 0 Å². The third-order valence-corrected chi connectivity index (χ3v) is 9.81. The zero-order valence-electron chi connectivity index (χ0n) is 30.8. The molecule has 4 aromatic carbocycles. The molecule has 0 fully saturated rings. The van der Waals surface area contributed by atoms with Crippen molar-refractivity contribution in [1.82, 2.24) is 19.3 Å². The summed E-state index contributed by atoms with van der Waals surface area (Å²) in [6, 6.07) is 32.4. The molecule has 0 radical (unpaired) electrons. The highest BCUT2D eigenvalue weighted by Gasteiger charge is 2.21. The van der Waals surface area contributed by atoms with E-state index in [1.54, 1.807) is 0 Å². The minimum atomic E-state index is -0.0946. The first-order valence-corrected chi connectivity index (χ1v) is 17.9. The number of nitrogens with zero attached hydrogens (tertiary/aromatic N) is 4. The fourth-order valence-electron chi connectivity index (χ4n) is 7.00. The van der Waals surface area contributed by atoms with Gasteiger partial charge in [0.2, 0.25) is 0 Å². The van der Waals surface area contributed by atoms with Crippen LogP contribution in [0, 0.1) is 0 Å². The first-order valence-electron chi connectivity index (χ1n) is 17.9. The van der Waals surface area contributed by atoms with Crippen LogP contribution in [0.15, 0.2) is 110 Å². The molecule has 254 valence electrons.